The zero-order valence-corrected chi connectivity index (χ0v) is 21.7. The van der Waals surface area contributed by atoms with Crippen molar-refractivity contribution in [2.75, 3.05) is 17.7 Å². The lowest BCUT2D eigenvalue weighted by molar-refractivity contribution is -0.140. The van der Waals surface area contributed by atoms with Crippen LogP contribution < -0.4 is 16.2 Å². The maximum Gasteiger partial charge on any atom is 0.323 e. The third-order valence-corrected chi connectivity index (χ3v) is 6.47. The number of benzene rings is 3. The summed E-state index contributed by atoms with van der Waals surface area (Å²) in [4.78, 5) is 37.2. The van der Waals surface area contributed by atoms with Crippen LogP contribution >= 0.6 is 0 Å². The first-order chi connectivity index (χ1) is 18.3. The van der Waals surface area contributed by atoms with E-state index in [4.69, 9.17) is 4.74 Å². The minimum Gasteiger partial charge on any atom is -0.469 e. The van der Waals surface area contributed by atoms with Crippen LogP contribution in [0.15, 0.2) is 95.9 Å². The molecule has 0 aliphatic carbocycles. The fourth-order valence-corrected chi connectivity index (χ4v) is 4.21. The predicted molar refractivity (Wildman–Crippen MR) is 151 cm³/mol. The Morgan fingerprint density at radius 2 is 1.61 bits per heavy atom. The van der Waals surface area contributed by atoms with Gasteiger partial charge in [0.2, 0.25) is 0 Å². The molecule has 0 aliphatic rings. The number of methoxy groups -OCH3 is 1. The molecule has 0 radical (unpaired) electrons. The summed E-state index contributed by atoms with van der Waals surface area (Å²) in [5.41, 5.74) is 5.61. The van der Waals surface area contributed by atoms with E-state index >= 15 is 0 Å². The van der Waals surface area contributed by atoms with Crippen molar-refractivity contribution in [1.29, 1.82) is 0 Å². The Labute approximate surface area is 222 Å². The summed E-state index contributed by atoms with van der Waals surface area (Å²) in [6, 6.07) is 26.0. The SMILES string of the molecule is COC(=O)C[C@@H](C)c1ccc(Cn2cccc(-c3ccc(NC(=O)Nc4ccccc4C)cc3)c2=O)cc1. The number of hydrogen-bond donors (Lipinski definition) is 2. The number of amides is 2. The van der Waals surface area contributed by atoms with Crippen LogP contribution in [0.4, 0.5) is 16.2 Å². The fourth-order valence-electron chi connectivity index (χ4n) is 4.21. The van der Waals surface area contributed by atoms with Crippen molar-refractivity contribution >= 4 is 23.4 Å². The molecule has 7 heteroatoms. The van der Waals surface area contributed by atoms with Crippen molar-refractivity contribution in [2.45, 2.75) is 32.7 Å². The molecule has 4 rings (SSSR count). The number of aromatic nitrogens is 1. The first kappa shape index (κ1) is 26.4. The highest BCUT2D eigenvalue weighted by Gasteiger charge is 2.12. The van der Waals surface area contributed by atoms with Crippen molar-refractivity contribution in [3.05, 3.63) is 118 Å². The van der Waals surface area contributed by atoms with Crippen LogP contribution in [-0.2, 0) is 16.1 Å². The first-order valence-electron chi connectivity index (χ1n) is 12.4. The Hall–Kier alpha value is -4.65. The van der Waals surface area contributed by atoms with E-state index in [0.29, 0.717) is 24.2 Å². The number of para-hydroxylation sites is 1. The predicted octanol–water partition coefficient (Wildman–Crippen LogP) is 6.18. The Balaban J connectivity index is 1.43. The van der Waals surface area contributed by atoms with Gasteiger partial charge in [0, 0.05) is 23.1 Å². The number of carbonyl (C=O) groups is 2. The summed E-state index contributed by atoms with van der Waals surface area (Å²) in [5, 5.41) is 5.66. The lowest BCUT2D eigenvalue weighted by atomic mass is 9.97. The molecule has 0 bridgehead atoms. The molecule has 1 aromatic heterocycles. The lowest BCUT2D eigenvalue weighted by Crippen LogP contribution is -2.21. The normalized spacial score (nSPS) is 11.4. The molecule has 0 fully saturated rings. The van der Waals surface area contributed by atoms with E-state index in [-0.39, 0.29) is 23.5 Å². The number of nitrogens with zero attached hydrogens (tertiary/aromatic N) is 1. The molecule has 1 atom stereocenters. The fraction of sp³-hybridized carbons (Fsp3) is 0.194. The van der Waals surface area contributed by atoms with Crippen molar-refractivity contribution in [2.24, 2.45) is 0 Å². The average molecular weight is 510 g/mol. The smallest absolute Gasteiger partial charge is 0.323 e. The molecule has 0 saturated carbocycles. The van der Waals surface area contributed by atoms with E-state index in [0.717, 1.165) is 27.9 Å². The second-order valence-electron chi connectivity index (χ2n) is 9.25. The molecule has 38 heavy (non-hydrogen) atoms. The van der Waals surface area contributed by atoms with Gasteiger partial charge in [-0.15, -0.1) is 0 Å². The number of hydrogen-bond acceptors (Lipinski definition) is 4. The third-order valence-electron chi connectivity index (χ3n) is 6.47. The second kappa shape index (κ2) is 12.1. The molecular formula is C31H31N3O4. The topological polar surface area (TPSA) is 89.4 Å². The summed E-state index contributed by atoms with van der Waals surface area (Å²) in [5.74, 6) is -0.187. The van der Waals surface area contributed by atoms with Crippen LogP contribution in [0, 0.1) is 6.92 Å². The molecule has 4 aromatic rings. The van der Waals surface area contributed by atoms with Crippen LogP contribution in [0.5, 0.6) is 0 Å². The molecule has 0 unspecified atom stereocenters. The van der Waals surface area contributed by atoms with E-state index in [9.17, 15) is 14.4 Å². The Bertz CT molecular complexity index is 1470. The molecule has 1 heterocycles. The van der Waals surface area contributed by atoms with Gasteiger partial charge in [0.15, 0.2) is 0 Å². The van der Waals surface area contributed by atoms with Gasteiger partial charge >= 0.3 is 12.0 Å². The maximum atomic E-state index is 13.2. The number of esters is 1. The highest BCUT2D eigenvalue weighted by atomic mass is 16.5. The molecule has 0 spiro atoms. The Morgan fingerprint density at radius 1 is 0.895 bits per heavy atom. The van der Waals surface area contributed by atoms with E-state index in [1.165, 1.54) is 7.11 Å². The molecule has 3 aromatic carbocycles. The average Bonchev–Trinajstić information content (AvgIpc) is 2.92. The van der Waals surface area contributed by atoms with Gasteiger partial charge in [-0.3, -0.25) is 9.59 Å². The summed E-state index contributed by atoms with van der Waals surface area (Å²) in [7, 11) is 1.39. The second-order valence-corrected chi connectivity index (χ2v) is 9.25. The molecule has 2 N–H and O–H groups in total. The molecule has 194 valence electrons. The number of ether oxygens (including phenoxy) is 1. The minimum absolute atomic E-state index is 0.0496. The number of aryl methyl sites for hydroxylation is 1. The van der Waals surface area contributed by atoms with Crippen molar-refractivity contribution in [3.63, 3.8) is 0 Å². The number of rotatable bonds is 8. The molecule has 7 nitrogen and oxygen atoms in total. The minimum atomic E-state index is -0.333. The zero-order valence-electron chi connectivity index (χ0n) is 21.7. The molecule has 0 saturated heterocycles. The van der Waals surface area contributed by atoms with Gasteiger partial charge in [0.25, 0.3) is 5.56 Å². The summed E-state index contributed by atoms with van der Waals surface area (Å²) in [6.07, 6.45) is 2.09. The van der Waals surface area contributed by atoms with Crippen molar-refractivity contribution in [3.8, 4) is 11.1 Å². The highest BCUT2D eigenvalue weighted by molar-refractivity contribution is 6.00. The largest absolute Gasteiger partial charge is 0.469 e. The monoisotopic (exact) mass is 509 g/mol. The number of urea groups is 1. The van der Waals surface area contributed by atoms with Crippen LogP contribution in [0.3, 0.4) is 0 Å². The van der Waals surface area contributed by atoms with Gasteiger partial charge in [-0.1, -0.05) is 61.5 Å². The van der Waals surface area contributed by atoms with Crippen LogP contribution in [0.25, 0.3) is 11.1 Å². The van der Waals surface area contributed by atoms with Gasteiger partial charge in [-0.2, -0.15) is 0 Å². The van der Waals surface area contributed by atoms with Gasteiger partial charge in [0.05, 0.1) is 20.1 Å². The quantitative estimate of drug-likeness (QED) is 0.278. The summed E-state index contributed by atoms with van der Waals surface area (Å²) in [6.45, 7) is 4.34. The molecule has 2 amide bonds. The standard InChI is InChI=1S/C31H31N3O4/c1-21-7-4-5-9-28(21)33-31(37)32-26-16-14-25(15-17-26)27-8-6-18-34(30(27)36)20-23-10-12-24(13-11-23)22(2)19-29(35)38-3/h4-18,22H,19-20H2,1-3H3,(H2,32,33,37)/t22-/m1/s1. The van der Waals surface area contributed by atoms with Crippen LogP contribution in [-0.4, -0.2) is 23.7 Å². The summed E-state index contributed by atoms with van der Waals surface area (Å²) < 4.78 is 6.43. The molecule has 0 aliphatic heterocycles. The highest BCUT2D eigenvalue weighted by Crippen LogP contribution is 2.22. The van der Waals surface area contributed by atoms with E-state index in [1.807, 2.05) is 80.6 Å². The van der Waals surface area contributed by atoms with Crippen LogP contribution in [0.1, 0.15) is 36.0 Å². The number of pyridine rings is 1. The van der Waals surface area contributed by atoms with Gasteiger partial charge in [-0.25, -0.2) is 4.79 Å². The van der Waals surface area contributed by atoms with E-state index in [2.05, 4.69) is 10.6 Å². The van der Waals surface area contributed by atoms with Crippen molar-refractivity contribution in [1.82, 2.24) is 4.57 Å². The van der Waals surface area contributed by atoms with Gasteiger partial charge in [-0.05, 0) is 65.4 Å². The zero-order chi connectivity index (χ0) is 27.1. The number of nitrogens with one attached hydrogen (secondary N) is 2. The lowest BCUT2D eigenvalue weighted by Gasteiger charge is -2.13. The molecular weight excluding hydrogens is 478 g/mol. The van der Waals surface area contributed by atoms with Gasteiger partial charge in [0.1, 0.15) is 0 Å². The number of carbonyl (C=O) groups excluding carboxylic acids is 2. The maximum absolute atomic E-state index is 13.2. The number of anilines is 2. The van der Waals surface area contributed by atoms with E-state index in [1.54, 1.807) is 29.0 Å². The van der Waals surface area contributed by atoms with Crippen LogP contribution in [0.2, 0.25) is 0 Å². The summed E-state index contributed by atoms with van der Waals surface area (Å²) >= 11 is 0. The van der Waals surface area contributed by atoms with Gasteiger partial charge < -0.3 is 19.9 Å². The van der Waals surface area contributed by atoms with Crippen molar-refractivity contribution < 1.29 is 14.3 Å². The third kappa shape index (κ3) is 6.56. The Morgan fingerprint density at radius 3 is 2.29 bits per heavy atom. The Kier molecular flexibility index (Phi) is 8.38. The first-order valence-corrected chi connectivity index (χ1v) is 12.4. The van der Waals surface area contributed by atoms with E-state index < -0.39 is 0 Å².